The van der Waals surface area contributed by atoms with E-state index < -0.39 is 10.0 Å². The Hall–Kier alpha value is -3.17. The SMILES string of the molecule is O=C(Cc1cccc2ccccc12)NCCS(=O)(=O)N1CCN(C(=O)c2ccco2)CC1. The number of furan rings is 1. The third-order valence-corrected chi connectivity index (χ3v) is 7.44. The van der Waals surface area contributed by atoms with Crippen LogP contribution >= 0.6 is 0 Å². The van der Waals surface area contributed by atoms with Gasteiger partial charge in [0.05, 0.1) is 18.4 Å². The average Bonchev–Trinajstić information content (AvgIpc) is 3.34. The van der Waals surface area contributed by atoms with Crippen molar-refractivity contribution < 1.29 is 22.4 Å². The molecule has 0 radical (unpaired) electrons. The summed E-state index contributed by atoms with van der Waals surface area (Å²) in [7, 11) is -3.53. The molecular weight excluding hydrogens is 430 g/mol. The lowest BCUT2D eigenvalue weighted by atomic mass is 10.0. The predicted molar refractivity (Wildman–Crippen MR) is 121 cm³/mol. The first-order valence-corrected chi connectivity index (χ1v) is 12.1. The van der Waals surface area contributed by atoms with Gasteiger partial charge >= 0.3 is 0 Å². The minimum Gasteiger partial charge on any atom is -0.459 e. The zero-order valence-electron chi connectivity index (χ0n) is 17.6. The Kier molecular flexibility index (Phi) is 6.57. The van der Waals surface area contributed by atoms with E-state index >= 15 is 0 Å². The fourth-order valence-electron chi connectivity index (χ4n) is 3.86. The van der Waals surface area contributed by atoms with Crippen LogP contribution in [0.2, 0.25) is 0 Å². The molecular formula is C23H25N3O5S. The third kappa shape index (κ3) is 5.00. The van der Waals surface area contributed by atoms with Gasteiger partial charge in [0.1, 0.15) is 0 Å². The maximum atomic E-state index is 12.7. The standard InChI is InChI=1S/C23H25N3O5S/c27-22(17-19-7-3-6-18-5-1-2-8-20(18)19)24-10-16-32(29,30)26-13-11-25(12-14-26)23(28)21-9-4-15-31-21/h1-9,15H,10-14,16-17H2,(H,24,27). The Balaban J connectivity index is 1.25. The van der Waals surface area contributed by atoms with Crippen LogP contribution in [0.3, 0.4) is 0 Å². The van der Waals surface area contributed by atoms with E-state index in [-0.39, 0.29) is 49.4 Å². The van der Waals surface area contributed by atoms with Crippen molar-refractivity contribution in [1.82, 2.24) is 14.5 Å². The number of nitrogens with one attached hydrogen (secondary N) is 1. The van der Waals surface area contributed by atoms with Crippen LogP contribution in [0.5, 0.6) is 0 Å². The molecule has 1 saturated heterocycles. The molecule has 1 aromatic heterocycles. The van der Waals surface area contributed by atoms with Gasteiger partial charge in [-0.25, -0.2) is 8.42 Å². The van der Waals surface area contributed by atoms with E-state index in [9.17, 15) is 18.0 Å². The van der Waals surface area contributed by atoms with Gasteiger partial charge in [-0.05, 0) is 28.5 Å². The van der Waals surface area contributed by atoms with E-state index in [0.29, 0.717) is 13.1 Å². The lowest BCUT2D eigenvalue weighted by molar-refractivity contribution is -0.120. The smallest absolute Gasteiger partial charge is 0.289 e. The molecule has 1 fully saturated rings. The number of carbonyl (C=O) groups excluding carboxylic acids is 2. The minimum atomic E-state index is -3.53. The number of carbonyl (C=O) groups is 2. The van der Waals surface area contributed by atoms with Crippen molar-refractivity contribution in [2.75, 3.05) is 38.5 Å². The van der Waals surface area contributed by atoms with Crippen LogP contribution in [0, 0.1) is 0 Å². The van der Waals surface area contributed by atoms with Gasteiger partial charge in [0.2, 0.25) is 15.9 Å². The number of hydrogen-bond donors (Lipinski definition) is 1. The maximum absolute atomic E-state index is 12.7. The Morgan fingerprint density at radius 3 is 2.44 bits per heavy atom. The topological polar surface area (TPSA) is 99.9 Å². The van der Waals surface area contributed by atoms with Crippen LogP contribution in [-0.4, -0.2) is 67.9 Å². The highest BCUT2D eigenvalue weighted by molar-refractivity contribution is 7.89. The largest absolute Gasteiger partial charge is 0.459 e. The highest BCUT2D eigenvalue weighted by Crippen LogP contribution is 2.19. The van der Waals surface area contributed by atoms with Gasteiger partial charge in [0.15, 0.2) is 5.76 Å². The molecule has 1 N–H and O–H groups in total. The van der Waals surface area contributed by atoms with Crippen molar-refractivity contribution in [3.8, 4) is 0 Å². The fraction of sp³-hybridized carbons (Fsp3) is 0.304. The Labute approximate surface area is 186 Å². The number of nitrogens with zero attached hydrogens (tertiary/aromatic N) is 2. The van der Waals surface area contributed by atoms with Crippen molar-refractivity contribution >= 4 is 32.6 Å². The highest BCUT2D eigenvalue weighted by atomic mass is 32.2. The summed E-state index contributed by atoms with van der Waals surface area (Å²) in [6.45, 7) is 1.08. The molecule has 0 saturated carbocycles. The molecule has 9 heteroatoms. The van der Waals surface area contributed by atoms with E-state index in [2.05, 4.69) is 5.32 Å². The molecule has 0 bridgehead atoms. The number of piperazine rings is 1. The minimum absolute atomic E-state index is 0.0392. The van der Waals surface area contributed by atoms with E-state index in [0.717, 1.165) is 16.3 Å². The third-order valence-electron chi connectivity index (χ3n) is 5.56. The quantitative estimate of drug-likeness (QED) is 0.586. The van der Waals surface area contributed by atoms with Crippen LogP contribution in [0.4, 0.5) is 0 Å². The summed E-state index contributed by atoms with van der Waals surface area (Å²) in [4.78, 5) is 26.3. The number of sulfonamides is 1. The molecule has 0 atom stereocenters. The molecule has 0 unspecified atom stereocenters. The number of fused-ring (bicyclic) bond motifs is 1. The molecule has 1 aliphatic heterocycles. The van der Waals surface area contributed by atoms with Gasteiger partial charge < -0.3 is 14.6 Å². The molecule has 0 aliphatic carbocycles. The zero-order valence-corrected chi connectivity index (χ0v) is 18.4. The summed E-state index contributed by atoms with van der Waals surface area (Å²) in [5.74, 6) is -0.395. The second-order valence-corrected chi connectivity index (χ2v) is 9.74. The fourth-order valence-corrected chi connectivity index (χ4v) is 5.19. The van der Waals surface area contributed by atoms with Gasteiger partial charge in [0, 0.05) is 32.7 Å². The molecule has 2 aromatic carbocycles. The maximum Gasteiger partial charge on any atom is 0.289 e. The Morgan fingerprint density at radius 1 is 0.938 bits per heavy atom. The van der Waals surface area contributed by atoms with Crippen LogP contribution in [0.25, 0.3) is 10.8 Å². The average molecular weight is 456 g/mol. The molecule has 2 amide bonds. The predicted octanol–water partition coefficient (Wildman–Crippen LogP) is 1.88. The summed E-state index contributed by atoms with van der Waals surface area (Å²) < 4.78 is 31.8. The normalized spacial score (nSPS) is 15.1. The van der Waals surface area contributed by atoms with Gasteiger partial charge in [-0.2, -0.15) is 4.31 Å². The second kappa shape index (κ2) is 9.54. The van der Waals surface area contributed by atoms with Crippen molar-refractivity contribution in [2.45, 2.75) is 6.42 Å². The van der Waals surface area contributed by atoms with E-state index in [1.807, 2.05) is 42.5 Å². The molecule has 4 rings (SSSR count). The molecule has 2 heterocycles. The van der Waals surface area contributed by atoms with Crippen LogP contribution in [0.15, 0.2) is 65.3 Å². The van der Waals surface area contributed by atoms with E-state index in [1.165, 1.54) is 10.6 Å². The summed E-state index contributed by atoms with van der Waals surface area (Å²) in [5.41, 5.74) is 0.904. The highest BCUT2D eigenvalue weighted by Gasteiger charge is 2.29. The van der Waals surface area contributed by atoms with Crippen molar-refractivity contribution in [3.63, 3.8) is 0 Å². The first kappa shape index (κ1) is 22.0. The number of hydrogen-bond acceptors (Lipinski definition) is 5. The van der Waals surface area contributed by atoms with Crippen molar-refractivity contribution in [2.24, 2.45) is 0 Å². The first-order valence-electron chi connectivity index (χ1n) is 10.5. The Morgan fingerprint density at radius 2 is 1.69 bits per heavy atom. The van der Waals surface area contributed by atoms with E-state index in [4.69, 9.17) is 4.42 Å². The number of benzene rings is 2. The molecule has 1 aliphatic rings. The van der Waals surface area contributed by atoms with Crippen molar-refractivity contribution in [3.05, 3.63) is 72.2 Å². The number of rotatable bonds is 7. The van der Waals surface area contributed by atoms with Crippen LogP contribution in [0.1, 0.15) is 16.1 Å². The molecule has 32 heavy (non-hydrogen) atoms. The molecule has 168 valence electrons. The lowest BCUT2D eigenvalue weighted by Crippen LogP contribution is -2.51. The van der Waals surface area contributed by atoms with Gasteiger partial charge in [-0.1, -0.05) is 42.5 Å². The van der Waals surface area contributed by atoms with Gasteiger partial charge in [-0.3, -0.25) is 9.59 Å². The summed E-state index contributed by atoms with van der Waals surface area (Å²) in [6, 6.07) is 16.9. The number of amides is 2. The first-order chi connectivity index (χ1) is 15.4. The van der Waals surface area contributed by atoms with Crippen LogP contribution in [-0.2, 0) is 21.2 Å². The molecule has 0 spiro atoms. The summed E-state index contributed by atoms with van der Waals surface area (Å²) >= 11 is 0. The molecule has 8 nitrogen and oxygen atoms in total. The van der Waals surface area contributed by atoms with Gasteiger partial charge in [0.25, 0.3) is 5.91 Å². The zero-order chi connectivity index (χ0) is 22.6. The van der Waals surface area contributed by atoms with Gasteiger partial charge in [-0.15, -0.1) is 0 Å². The van der Waals surface area contributed by atoms with Crippen molar-refractivity contribution in [1.29, 1.82) is 0 Å². The lowest BCUT2D eigenvalue weighted by Gasteiger charge is -2.33. The summed E-state index contributed by atoms with van der Waals surface area (Å²) in [6.07, 6.45) is 1.62. The van der Waals surface area contributed by atoms with E-state index in [1.54, 1.807) is 17.0 Å². The molecule has 3 aromatic rings. The second-order valence-electron chi connectivity index (χ2n) is 7.65. The van der Waals surface area contributed by atoms with Crippen LogP contribution < -0.4 is 5.32 Å². The summed E-state index contributed by atoms with van der Waals surface area (Å²) in [5, 5.41) is 4.79. The monoisotopic (exact) mass is 455 g/mol. The Bertz CT molecular complexity index is 1190.